The summed E-state index contributed by atoms with van der Waals surface area (Å²) in [4.78, 5) is 24.7. The van der Waals surface area contributed by atoms with Gasteiger partial charge in [0, 0.05) is 45.0 Å². The minimum Gasteiger partial charge on any atom is -0.356 e. The minimum absolute atomic E-state index is 0.00631. The van der Waals surface area contributed by atoms with E-state index in [2.05, 4.69) is 65.4 Å². The highest BCUT2D eigenvalue weighted by Crippen LogP contribution is 2.44. The summed E-state index contributed by atoms with van der Waals surface area (Å²) in [5.74, 6) is 0.00631. The average Bonchev–Trinajstić information content (AvgIpc) is 3.40. The molecule has 0 saturated carbocycles. The van der Waals surface area contributed by atoms with Crippen LogP contribution < -0.4 is 0 Å². The van der Waals surface area contributed by atoms with Crippen LogP contribution in [0, 0.1) is 6.92 Å². The first-order chi connectivity index (χ1) is 16.2. The number of pyridine rings is 1. The summed E-state index contributed by atoms with van der Waals surface area (Å²) in [7, 11) is 0. The van der Waals surface area contributed by atoms with Crippen LogP contribution in [0.25, 0.3) is 27.1 Å². The van der Waals surface area contributed by atoms with Gasteiger partial charge in [-0.3, -0.25) is 9.78 Å². The molecule has 6 rings (SSSR count). The van der Waals surface area contributed by atoms with Gasteiger partial charge in [-0.15, -0.1) is 11.3 Å². The topological polar surface area (TPSA) is 49.0 Å². The molecule has 33 heavy (non-hydrogen) atoms. The number of nitrogens with zero attached hydrogens (tertiary/aromatic N) is 2. The third-order valence-electron chi connectivity index (χ3n) is 6.53. The number of aromatic amines is 1. The number of fused-ring (bicyclic) bond motifs is 4. The van der Waals surface area contributed by atoms with Crippen molar-refractivity contribution in [3.05, 3.63) is 106 Å². The molecule has 0 fully saturated rings. The maximum atomic E-state index is 13.5. The molecule has 2 aromatic carbocycles. The van der Waals surface area contributed by atoms with Crippen molar-refractivity contribution in [2.45, 2.75) is 19.4 Å². The molecule has 162 valence electrons. The van der Waals surface area contributed by atoms with E-state index in [4.69, 9.17) is 0 Å². The standard InChI is InChI=1S/C28H23N3OS/c1-18-20-9-3-5-12-24(20)33-28(18)27-26-22(21-10-2-4-11-23(21)30-26)15-17-31(27)25(32)14-13-19-8-6-7-16-29-19/h2-14,16,27,30H,15,17H2,1H3/b14-13+. The summed E-state index contributed by atoms with van der Waals surface area (Å²) in [6, 6.07) is 22.5. The molecule has 4 heterocycles. The molecule has 3 aromatic heterocycles. The fraction of sp³-hybridized carbons (Fsp3) is 0.143. The van der Waals surface area contributed by atoms with Gasteiger partial charge in [0.15, 0.2) is 0 Å². The molecule has 0 saturated heterocycles. The van der Waals surface area contributed by atoms with E-state index in [9.17, 15) is 4.79 Å². The average molecular weight is 450 g/mol. The molecule has 5 aromatic rings. The second-order valence-electron chi connectivity index (χ2n) is 8.42. The zero-order valence-corrected chi connectivity index (χ0v) is 19.1. The molecular formula is C28H23N3OS. The van der Waals surface area contributed by atoms with E-state index >= 15 is 0 Å². The van der Waals surface area contributed by atoms with Crippen molar-refractivity contribution in [1.82, 2.24) is 14.9 Å². The Morgan fingerprint density at radius 2 is 1.85 bits per heavy atom. The lowest BCUT2D eigenvalue weighted by Gasteiger charge is -2.35. The van der Waals surface area contributed by atoms with Crippen LogP contribution in [0.5, 0.6) is 0 Å². The van der Waals surface area contributed by atoms with E-state index in [0.717, 1.165) is 23.3 Å². The van der Waals surface area contributed by atoms with Gasteiger partial charge >= 0.3 is 0 Å². The van der Waals surface area contributed by atoms with Crippen LogP contribution in [0.3, 0.4) is 0 Å². The lowest BCUT2D eigenvalue weighted by atomic mass is 9.94. The van der Waals surface area contributed by atoms with E-state index in [0.29, 0.717) is 6.54 Å². The molecule has 0 spiro atoms. The molecule has 1 aliphatic heterocycles. The SMILES string of the molecule is Cc1c(C2c3[nH]c4ccccc4c3CCN2C(=O)/C=C/c2ccccn2)sc2ccccc12. The summed E-state index contributed by atoms with van der Waals surface area (Å²) in [5.41, 5.74) is 5.62. The Hall–Kier alpha value is -3.70. The highest BCUT2D eigenvalue weighted by molar-refractivity contribution is 7.19. The predicted molar refractivity (Wildman–Crippen MR) is 135 cm³/mol. The van der Waals surface area contributed by atoms with E-state index < -0.39 is 0 Å². The van der Waals surface area contributed by atoms with Gasteiger partial charge in [0.25, 0.3) is 0 Å². The number of aromatic nitrogens is 2. The largest absolute Gasteiger partial charge is 0.356 e. The zero-order valence-electron chi connectivity index (χ0n) is 18.3. The monoisotopic (exact) mass is 449 g/mol. The summed E-state index contributed by atoms with van der Waals surface area (Å²) < 4.78 is 1.25. The first-order valence-electron chi connectivity index (χ1n) is 11.2. The predicted octanol–water partition coefficient (Wildman–Crippen LogP) is 6.27. The Labute approximate surface area is 196 Å². The fourth-order valence-electron chi connectivity index (χ4n) is 4.93. The fourth-order valence-corrected chi connectivity index (χ4v) is 6.27. The van der Waals surface area contributed by atoms with E-state index in [-0.39, 0.29) is 11.9 Å². The Bertz CT molecular complexity index is 1510. The van der Waals surface area contributed by atoms with Crippen LogP contribution in [0.4, 0.5) is 0 Å². The number of benzene rings is 2. The van der Waals surface area contributed by atoms with Gasteiger partial charge in [-0.1, -0.05) is 42.5 Å². The third-order valence-corrected chi connectivity index (χ3v) is 7.86. The Morgan fingerprint density at radius 1 is 1.06 bits per heavy atom. The van der Waals surface area contributed by atoms with Crippen molar-refractivity contribution in [1.29, 1.82) is 0 Å². The first kappa shape index (κ1) is 19.9. The zero-order chi connectivity index (χ0) is 22.4. The van der Waals surface area contributed by atoms with Crippen LogP contribution in [-0.2, 0) is 11.2 Å². The van der Waals surface area contributed by atoms with Gasteiger partial charge in [-0.05, 0) is 60.2 Å². The highest BCUT2D eigenvalue weighted by Gasteiger charge is 2.35. The summed E-state index contributed by atoms with van der Waals surface area (Å²) in [6.45, 7) is 2.86. The van der Waals surface area contributed by atoms with Crippen molar-refractivity contribution in [2.75, 3.05) is 6.54 Å². The van der Waals surface area contributed by atoms with Gasteiger partial charge in [0.1, 0.15) is 6.04 Å². The molecule has 1 atom stereocenters. The van der Waals surface area contributed by atoms with Crippen molar-refractivity contribution in [2.24, 2.45) is 0 Å². The quantitative estimate of drug-likeness (QED) is 0.330. The van der Waals surface area contributed by atoms with Crippen molar-refractivity contribution in [3.8, 4) is 0 Å². The number of carbonyl (C=O) groups is 1. The van der Waals surface area contributed by atoms with Crippen molar-refractivity contribution < 1.29 is 4.79 Å². The number of hydrogen-bond donors (Lipinski definition) is 1. The van der Waals surface area contributed by atoms with Crippen LogP contribution >= 0.6 is 11.3 Å². The van der Waals surface area contributed by atoms with Crippen molar-refractivity contribution >= 4 is 44.3 Å². The molecule has 5 heteroatoms. The van der Waals surface area contributed by atoms with Crippen LogP contribution in [0.1, 0.15) is 33.4 Å². The Kier molecular flexibility index (Phi) is 4.84. The maximum Gasteiger partial charge on any atom is 0.247 e. The van der Waals surface area contributed by atoms with Gasteiger partial charge in [-0.2, -0.15) is 0 Å². The van der Waals surface area contributed by atoms with Gasteiger partial charge in [0.05, 0.1) is 5.69 Å². The number of H-pyrrole nitrogens is 1. The molecule has 1 N–H and O–H groups in total. The Morgan fingerprint density at radius 3 is 2.67 bits per heavy atom. The second-order valence-corrected chi connectivity index (χ2v) is 9.51. The number of carbonyl (C=O) groups excluding carboxylic acids is 1. The number of amides is 1. The third kappa shape index (κ3) is 3.36. The van der Waals surface area contributed by atoms with Crippen molar-refractivity contribution in [3.63, 3.8) is 0 Å². The molecule has 0 bridgehead atoms. The van der Waals surface area contributed by atoms with Crippen LogP contribution in [0.15, 0.2) is 79.0 Å². The normalized spacial score (nSPS) is 16.0. The van der Waals surface area contributed by atoms with Gasteiger partial charge in [0.2, 0.25) is 5.91 Å². The lowest BCUT2D eigenvalue weighted by Crippen LogP contribution is -2.39. The summed E-state index contributed by atoms with van der Waals surface area (Å²) in [6.07, 6.45) is 6.04. The molecule has 0 radical (unpaired) electrons. The first-order valence-corrected chi connectivity index (χ1v) is 12.0. The number of aryl methyl sites for hydroxylation is 1. The number of para-hydroxylation sites is 1. The number of thiophene rings is 1. The smallest absolute Gasteiger partial charge is 0.247 e. The summed E-state index contributed by atoms with van der Waals surface area (Å²) >= 11 is 1.79. The lowest BCUT2D eigenvalue weighted by molar-refractivity contribution is -0.127. The van der Waals surface area contributed by atoms with Crippen LogP contribution in [0.2, 0.25) is 0 Å². The molecule has 0 aliphatic carbocycles. The molecule has 1 aliphatic rings. The number of hydrogen-bond acceptors (Lipinski definition) is 3. The Balaban J connectivity index is 1.49. The number of nitrogens with one attached hydrogen (secondary N) is 1. The minimum atomic E-state index is -0.139. The molecule has 1 amide bonds. The molecular weight excluding hydrogens is 426 g/mol. The van der Waals surface area contributed by atoms with E-state index in [1.54, 1.807) is 29.7 Å². The summed E-state index contributed by atoms with van der Waals surface area (Å²) in [5, 5.41) is 2.52. The van der Waals surface area contributed by atoms with E-state index in [1.165, 1.54) is 31.5 Å². The number of rotatable bonds is 3. The molecule has 4 nitrogen and oxygen atoms in total. The molecule has 1 unspecified atom stereocenters. The van der Waals surface area contributed by atoms with Gasteiger partial charge < -0.3 is 9.88 Å². The highest BCUT2D eigenvalue weighted by atomic mass is 32.1. The maximum absolute atomic E-state index is 13.5. The van der Waals surface area contributed by atoms with E-state index in [1.807, 2.05) is 23.1 Å². The van der Waals surface area contributed by atoms with Crippen LogP contribution in [-0.4, -0.2) is 27.3 Å². The van der Waals surface area contributed by atoms with Gasteiger partial charge in [-0.25, -0.2) is 0 Å². The second kappa shape index (κ2) is 8.01.